The van der Waals surface area contributed by atoms with Crippen LogP contribution in [0.5, 0.6) is 0 Å². The molecule has 1 aromatic heterocycles. The molecule has 0 radical (unpaired) electrons. The van der Waals surface area contributed by atoms with Crippen molar-refractivity contribution in [3.63, 3.8) is 0 Å². The van der Waals surface area contributed by atoms with E-state index in [4.69, 9.17) is 4.74 Å². The number of hydrogen-bond donors (Lipinski definition) is 1. The molecular formula is C22H22N2O3S. The molecule has 144 valence electrons. The molecule has 0 saturated heterocycles. The van der Waals surface area contributed by atoms with Crippen molar-refractivity contribution in [3.8, 4) is 6.07 Å². The summed E-state index contributed by atoms with van der Waals surface area (Å²) >= 11 is 1.41. The molecule has 0 bridgehead atoms. The number of fused-ring (bicyclic) bond motifs is 1. The standard InChI is InChI=1S/C22H22N2O3S/c1-3-27-22(26)19-18-14(2)8-7-11-17(18)28-21(19)24-20(25)16(13-23)12-15-9-5-4-6-10-15/h4-6,9-10,12,14H,3,7-8,11H2,1-2H3,(H,24,25). The minimum absolute atomic E-state index is 0.0135. The first-order chi connectivity index (χ1) is 13.5. The van der Waals surface area contributed by atoms with E-state index >= 15 is 0 Å². The van der Waals surface area contributed by atoms with Gasteiger partial charge in [-0.15, -0.1) is 11.3 Å². The van der Waals surface area contributed by atoms with E-state index in [0.717, 1.165) is 35.3 Å². The number of thiophene rings is 1. The Balaban J connectivity index is 1.95. The van der Waals surface area contributed by atoms with Crippen LogP contribution in [0, 0.1) is 11.3 Å². The van der Waals surface area contributed by atoms with Gasteiger partial charge in [-0.1, -0.05) is 37.3 Å². The molecule has 6 heteroatoms. The highest BCUT2D eigenvalue weighted by atomic mass is 32.1. The zero-order valence-electron chi connectivity index (χ0n) is 16.0. The maximum Gasteiger partial charge on any atom is 0.341 e. The summed E-state index contributed by atoms with van der Waals surface area (Å²) in [6, 6.07) is 11.1. The van der Waals surface area contributed by atoms with Crippen LogP contribution in [0.3, 0.4) is 0 Å². The number of carbonyl (C=O) groups excluding carboxylic acids is 2. The molecule has 1 aromatic carbocycles. The fraction of sp³-hybridized carbons (Fsp3) is 0.318. The van der Waals surface area contributed by atoms with Gasteiger partial charge in [0, 0.05) is 4.88 Å². The van der Waals surface area contributed by atoms with Gasteiger partial charge in [0.05, 0.1) is 12.2 Å². The second-order valence-corrected chi connectivity index (χ2v) is 7.80. The van der Waals surface area contributed by atoms with E-state index in [1.807, 2.05) is 36.4 Å². The van der Waals surface area contributed by atoms with E-state index in [9.17, 15) is 14.9 Å². The largest absolute Gasteiger partial charge is 0.462 e. The lowest BCUT2D eigenvalue weighted by molar-refractivity contribution is -0.112. The van der Waals surface area contributed by atoms with E-state index in [-0.39, 0.29) is 18.1 Å². The number of carbonyl (C=O) groups is 2. The monoisotopic (exact) mass is 394 g/mol. The molecule has 1 heterocycles. The summed E-state index contributed by atoms with van der Waals surface area (Å²) < 4.78 is 5.24. The number of hydrogen-bond acceptors (Lipinski definition) is 5. The first kappa shape index (κ1) is 19.8. The zero-order valence-corrected chi connectivity index (χ0v) is 16.8. The third-order valence-electron chi connectivity index (χ3n) is 4.74. The van der Waals surface area contributed by atoms with Crippen molar-refractivity contribution in [3.05, 3.63) is 57.5 Å². The van der Waals surface area contributed by atoms with Crippen molar-refractivity contribution in [1.82, 2.24) is 0 Å². The number of nitriles is 1. The normalized spacial score (nSPS) is 16.0. The third-order valence-corrected chi connectivity index (χ3v) is 5.92. The summed E-state index contributed by atoms with van der Waals surface area (Å²) in [4.78, 5) is 26.5. The summed E-state index contributed by atoms with van der Waals surface area (Å²) in [5.74, 6) is -0.710. The maximum absolute atomic E-state index is 12.7. The average Bonchev–Trinajstić information content (AvgIpc) is 3.06. The molecular weight excluding hydrogens is 372 g/mol. The average molecular weight is 394 g/mol. The van der Waals surface area contributed by atoms with Crippen molar-refractivity contribution in [2.45, 2.75) is 39.0 Å². The molecule has 1 unspecified atom stereocenters. The number of amides is 1. The van der Waals surface area contributed by atoms with Crippen LogP contribution in [0.2, 0.25) is 0 Å². The van der Waals surface area contributed by atoms with Gasteiger partial charge in [-0.05, 0) is 49.3 Å². The fourth-order valence-electron chi connectivity index (χ4n) is 3.44. The fourth-order valence-corrected chi connectivity index (χ4v) is 4.78. The van der Waals surface area contributed by atoms with Crippen LogP contribution in [0.1, 0.15) is 59.0 Å². The minimum atomic E-state index is -0.525. The van der Waals surface area contributed by atoms with Crippen LogP contribution in [0.25, 0.3) is 6.08 Å². The molecule has 0 aliphatic heterocycles. The molecule has 1 aliphatic rings. The van der Waals surface area contributed by atoms with Gasteiger partial charge >= 0.3 is 5.97 Å². The van der Waals surface area contributed by atoms with Gasteiger partial charge in [-0.3, -0.25) is 4.79 Å². The molecule has 2 aromatic rings. The lowest BCUT2D eigenvalue weighted by Gasteiger charge is -2.19. The molecule has 1 aliphatic carbocycles. The Morgan fingerprint density at radius 3 is 2.79 bits per heavy atom. The van der Waals surface area contributed by atoms with E-state index in [1.54, 1.807) is 6.92 Å². The maximum atomic E-state index is 12.7. The van der Waals surface area contributed by atoms with Crippen LogP contribution in [-0.4, -0.2) is 18.5 Å². The number of nitrogens with zero attached hydrogens (tertiary/aromatic N) is 1. The summed E-state index contributed by atoms with van der Waals surface area (Å²) in [5.41, 5.74) is 2.18. The molecule has 3 rings (SSSR count). The van der Waals surface area contributed by atoms with Crippen LogP contribution in [0.4, 0.5) is 5.00 Å². The van der Waals surface area contributed by atoms with Gasteiger partial charge in [-0.25, -0.2) is 4.79 Å². The Morgan fingerprint density at radius 1 is 1.36 bits per heavy atom. The summed E-state index contributed by atoms with van der Waals surface area (Å²) in [5, 5.41) is 12.7. The molecule has 1 atom stereocenters. The Hall–Kier alpha value is -2.91. The Bertz CT molecular complexity index is 954. The van der Waals surface area contributed by atoms with Gasteiger partial charge in [0.25, 0.3) is 5.91 Å². The SMILES string of the molecule is CCOC(=O)c1c(NC(=O)C(C#N)=Cc2ccccc2)sc2c1C(C)CCC2. The number of rotatable bonds is 5. The quantitative estimate of drug-likeness (QED) is 0.444. The van der Waals surface area contributed by atoms with Gasteiger partial charge < -0.3 is 10.1 Å². The summed E-state index contributed by atoms with van der Waals surface area (Å²) in [7, 11) is 0. The number of nitrogens with one attached hydrogen (secondary N) is 1. The van der Waals surface area contributed by atoms with Crippen molar-refractivity contribution >= 4 is 34.3 Å². The minimum Gasteiger partial charge on any atom is -0.462 e. The molecule has 1 amide bonds. The number of benzene rings is 1. The first-order valence-corrected chi connectivity index (χ1v) is 10.2. The number of anilines is 1. The second kappa shape index (κ2) is 8.85. The van der Waals surface area contributed by atoms with Gasteiger partial charge in [-0.2, -0.15) is 5.26 Å². The highest BCUT2D eigenvalue weighted by molar-refractivity contribution is 7.17. The van der Waals surface area contributed by atoms with E-state index < -0.39 is 11.9 Å². The van der Waals surface area contributed by atoms with Crippen LogP contribution in [-0.2, 0) is 16.0 Å². The Kier molecular flexibility index (Phi) is 6.27. The zero-order chi connectivity index (χ0) is 20.1. The molecule has 0 fully saturated rings. The van der Waals surface area contributed by atoms with Crippen LogP contribution < -0.4 is 5.32 Å². The number of aryl methyl sites for hydroxylation is 1. The Morgan fingerprint density at radius 2 is 2.11 bits per heavy atom. The van der Waals surface area contributed by atoms with Crippen LogP contribution in [0.15, 0.2) is 35.9 Å². The molecule has 0 saturated carbocycles. The Labute approximate surface area is 168 Å². The number of ether oxygens (including phenoxy) is 1. The van der Waals surface area contributed by atoms with E-state index in [0.29, 0.717) is 10.6 Å². The lowest BCUT2D eigenvalue weighted by Crippen LogP contribution is -2.17. The van der Waals surface area contributed by atoms with Gasteiger partial charge in [0.2, 0.25) is 0 Å². The topological polar surface area (TPSA) is 79.2 Å². The molecule has 5 nitrogen and oxygen atoms in total. The highest BCUT2D eigenvalue weighted by Gasteiger charge is 2.31. The third kappa shape index (κ3) is 4.15. The molecule has 28 heavy (non-hydrogen) atoms. The molecule has 1 N–H and O–H groups in total. The second-order valence-electron chi connectivity index (χ2n) is 6.69. The highest BCUT2D eigenvalue weighted by Crippen LogP contribution is 2.43. The summed E-state index contributed by atoms with van der Waals surface area (Å²) in [6.07, 6.45) is 4.48. The number of esters is 1. The predicted molar refractivity (Wildman–Crippen MR) is 110 cm³/mol. The van der Waals surface area contributed by atoms with E-state index in [2.05, 4.69) is 12.2 Å². The van der Waals surface area contributed by atoms with Crippen molar-refractivity contribution in [1.29, 1.82) is 5.26 Å². The first-order valence-electron chi connectivity index (χ1n) is 9.36. The van der Waals surface area contributed by atoms with Gasteiger partial charge in [0.1, 0.15) is 16.6 Å². The predicted octanol–water partition coefficient (Wildman–Crippen LogP) is 4.91. The smallest absolute Gasteiger partial charge is 0.341 e. The molecule has 0 spiro atoms. The summed E-state index contributed by atoms with van der Waals surface area (Å²) in [6.45, 7) is 4.12. The van der Waals surface area contributed by atoms with Crippen molar-refractivity contribution in [2.24, 2.45) is 0 Å². The van der Waals surface area contributed by atoms with E-state index in [1.165, 1.54) is 17.4 Å². The van der Waals surface area contributed by atoms with Gasteiger partial charge in [0.15, 0.2) is 0 Å². The van der Waals surface area contributed by atoms with Crippen molar-refractivity contribution < 1.29 is 14.3 Å². The van der Waals surface area contributed by atoms with Crippen molar-refractivity contribution in [2.75, 3.05) is 11.9 Å². The van der Waals surface area contributed by atoms with Crippen LogP contribution >= 0.6 is 11.3 Å². The lowest BCUT2D eigenvalue weighted by atomic mass is 9.86.